The number of hydrogen-bond acceptors (Lipinski definition) is 5. The predicted octanol–water partition coefficient (Wildman–Crippen LogP) is 3.81. The molecule has 4 heterocycles. The van der Waals surface area contributed by atoms with E-state index < -0.39 is 0 Å². The van der Waals surface area contributed by atoms with Crippen molar-refractivity contribution in [2.24, 2.45) is 0 Å². The molecule has 6 nitrogen and oxygen atoms in total. The number of aryl methyl sites for hydroxylation is 2. The first kappa shape index (κ1) is 17.1. The summed E-state index contributed by atoms with van der Waals surface area (Å²) in [5.74, 6) is 0.983. The number of pyridine rings is 2. The van der Waals surface area contributed by atoms with Crippen molar-refractivity contribution in [3.63, 3.8) is 0 Å². The van der Waals surface area contributed by atoms with E-state index in [0.717, 1.165) is 71.9 Å². The molecule has 0 N–H and O–H groups in total. The van der Waals surface area contributed by atoms with E-state index in [9.17, 15) is 0 Å². The molecule has 1 aromatic carbocycles. The molecule has 5 rings (SSSR count). The number of anilines is 1. The molecule has 1 fully saturated rings. The average Bonchev–Trinajstić information content (AvgIpc) is 3.17. The van der Waals surface area contributed by atoms with Crippen LogP contribution in [0.1, 0.15) is 12.5 Å². The van der Waals surface area contributed by atoms with Crippen molar-refractivity contribution in [3.05, 3.63) is 48.2 Å². The Kier molecular flexibility index (Phi) is 4.20. The van der Waals surface area contributed by atoms with E-state index in [4.69, 9.17) is 14.7 Å². The minimum atomic E-state index is 0.725. The number of hydrogen-bond donors (Lipinski definition) is 0. The van der Waals surface area contributed by atoms with Gasteiger partial charge in [0, 0.05) is 30.6 Å². The SMILES string of the molecule is CCn1ncc2nc(-c3cc4ccccc4nc3N3CCOCC3)cc(C)c21. The Morgan fingerprint density at radius 3 is 2.68 bits per heavy atom. The first-order valence-electron chi connectivity index (χ1n) is 9.80. The number of nitrogens with zero attached hydrogens (tertiary/aromatic N) is 5. The number of para-hydroxylation sites is 1. The lowest BCUT2D eigenvalue weighted by Crippen LogP contribution is -2.37. The van der Waals surface area contributed by atoms with Crippen LogP contribution >= 0.6 is 0 Å². The predicted molar refractivity (Wildman–Crippen MR) is 112 cm³/mol. The van der Waals surface area contributed by atoms with E-state index in [1.165, 1.54) is 5.56 Å². The van der Waals surface area contributed by atoms with Gasteiger partial charge in [-0.15, -0.1) is 0 Å². The van der Waals surface area contributed by atoms with E-state index in [-0.39, 0.29) is 0 Å². The van der Waals surface area contributed by atoms with Crippen LogP contribution in [0.15, 0.2) is 42.6 Å². The summed E-state index contributed by atoms with van der Waals surface area (Å²) in [5.41, 5.74) is 6.23. The molecule has 0 aliphatic carbocycles. The maximum atomic E-state index is 5.55. The quantitative estimate of drug-likeness (QED) is 0.547. The van der Waals surface area contributed by atoms with Crippen molar-refractivity contribution in [2.75, 3.05) is 31.2 Å². The van der Waals surface area contributed by atoms with E-state index in [0.29, 0.717) is 0 Å². The molecule has 142 valence electrons. The van der Waals surface area contributed by atoms with Gasteiger partial charge in [-0.05, 0) is 37.6 Å². The highest BCUT2D eigenvalue weighted by molar-refractivity contribution is 5.91. The van der Waals surface area contributed by atoms with Crippen LogP contribution in [0.5, 0.6) is 0 Å². The summed E-state index contributed by atoms with van der Waals surface area (Å²) in [4.78, 5) is 12.3. The molecule has 0 amide bonds. The Bertz CT molecular complexity index is 1160. The molecular weight excluding hydrogens is 350 g/mol. The van der Waals surface area contributed by atoms with Crippen molar-refractivity contribution in [1.29, 1.82) is 0 Å². The zero-order chi connectivity index (χ0) is 19.1. The van der Waals surface area contributed by atoms with Crippen LogP contribution in [-0.4, -0.2) is 46.1 Å². The van der Waals surface area contributed by atoms with Gasteiger partial charge >= 0.3 is 0 Å². The number of rotatable bonds is 3. The Hall–Kier alpha value is -2.99. The molecule has 28 heavy (non-hydrogen) atoms. The summed E-state index contributed by atoms with van der Waals surface area (Å²) < 4.78 is 7.55. The lowest BCUT2D eigenvalue weighted by molar-refractivity contribution is 0.122. The van der Waals surface area contributed by atoms with Crippen LogP contribution in [0.2, 0.25) is 0 Å². The summed E-state index contributed by atoms with van der Waals surface area (Å²) >= 11 is 0. The third-order valence-electron chi connectivity index (χ3n) is 5.38. The van der Waals surface area contributed by atoms with Crippen LogP contribution in [0.3, 0.4) is 0 Å². The third kappa shape index (κ3) is 2.81. The van der Waals surface area contributed by atoms with Crippen LogP contribution < -0.4 is 4.90 Å². The van der Waals surface area contributed by atoms with Crippen LogP contribution in [0.25, 0.3) is 33.2 Å². The fourth-order valence-electron chi connectivity index (χ4n) is 3.99. The molecule has 6 heteroatoms. The third-order valence-corrected chi connectivity index (χ3v) is 5.38. The average molecular weight is 373 g/mol. The van der Waals surface area contributed by atoms with Crippen molar-refractivity contribution >= 4 is 27.8 Å². The van der Waals surface area contributed by atoms with Gasteiger partial charge in [-0.1, -0.05) is 18.2 Å². The van der Waals surface area contributed by atoms with Gasteiger partial charge in [0.1, 0.15) is 11.3 Å². The van der Waals surface area contributed by atoms with Crippen LogP contribution in [0.4, 0.5) is 5.82 Å². The van der Waals surface area contributed by atoms with Gasteiger partial charge in [0.25, 0.3) is 0 Å². The second-order valence-corrected chi connectivity index (χ2v) is 7.17. The van der Waals surface area contributed by atoms with Gasteiger partial charge in [-0.25, -0.2) is 9.97 Å². The van der Waals surface area contributed by atoms with E-state index in [1.54, 1.807) is 0 Å². The normalized spacial score (nSPS) is 14.9. The van der Waals surface area contributed by atoms with Gasteiger partial charge < -0.3 is 9.64 Å². The number of morpholine rings is 1. The summed E-state index contributed by atoms with van der Waals surface area (Å²) in [7, 11) is 0. The largest absolute Gasteiger partial charge is 0.378 e. The van der Waals surface area contributed by atoms with Gasteiger partial charge in [0.15, 0.2) is 0 Å². The van der Waals surface area contributed by atoms with Crippen LogP contribution in [-0.2, 0) is 11.3 Å². The smallest absolute Gasteiger partial charge is 0.138 e. The maximum Gasteiger partial charge on any atom is 0.138 e. The molecule has 0 bridgehead atoms. The highest BCUT2D eigenvalue weighted by Crippen LogP contribution is 2.34. The van der Waals surface area contributed by atoms with Crippen molar-refractivity contribution in [3.8, 4) is 11.3 Å². The number of ether oxygens (including phenoxy) is 1. The first-order chi connectivity index (χ1) is 13.7. The number of fused-ring (bicyclic) bond motifs is 2. The molecule has 3 aromatic heterocycles. The molecule has 1 saturated heterocycles. The molecular formula is C22H23N5O. The molecule has 0 radical (unpaired) electrons. The molecule has 0 atom stereocenters. The Morgan fingerprint density at radius 2 is 1.86 bits per heavy atom. The maximum absolute atomic E-state index is 5.55. The summed E-state index contributed by atoms with van der Waals surface area (Å²) in [6.45, 7) is 8.20. The second-order valence-electron chi connectivity index (χ2n) is 7.17. The fourth-order valence-corrected chi connectivity index (χ4v) is 3.99. The Labute approximate surface area is 163 Å². The topological polar surface area (TPSA) is 56.1 Å². The summed E-state index contributed by atoms with van der Waals surface area (Å²) in [6, 6.07) is 12.6. The number of benzene rings is 1. The standard InChI is InChI=1S/C22H23N5O/c1-3-27-21-15(2)12-19(24-20(21)14-23-27)17-13-16-6-4-5-7-18(16)25-22(17)26-8-10-28-11-9-26/h4-7,12-14H,3,8-11H2,1-2H3. The van der Waals surface area contributed by atoms with E-state index in [2.05, 4.69) is 54.2 Å². The summed E-state index contributed by atoms with van der Waals surface area (Å²) in [6.07, 6.45) is 1.86. The lowest BCUT2D eigenvalue weighted by Gasteiger charge is -2.29. The minimum Gasteiger partial charge on any atom is -0.378 e. The zero-order valence-corrected chi connectivity index (χ0v) is 16.2. The van der Waals surface area contributed by atoms with Gasteiger partial charge in [-0.3, -0.25) is 4.68 Å². The van der Waals surface area contributed by atoms with E-state index in [1.807, 2.05) is 16.9 Å². The first-order valence-corrected chi connectivity index (χ1v) is 9.80. The van der Waals surface area contributed by atoms with E-state index >= 15 is 0 Å². The molecule has 1 aliphatic heterocycles. The summed E-state index contributed by atoms with van der Waals surface area (Å²) in [5, 5.41) is 5.61. The molecule has 0 unspecified atom stereocenters. The Morgan fingerprint density at radius 1 is 1.04 bits per heavy atom. The Balaban J connectivity index is 1.73. The molecule has 0 spiro atoms. The molecule has 4 aromatic rings. The molecule has 0 saturated carbocycles. The van der Waals surface area contributed by atoms with Gasteiger partial charge in [0.2, 0.25) is 0 Å². The van der Waals surface area contributed by atoms with Gasteiger partial charge in [0.05, 0.1) is 36.1 Å². The van der Waals surface area contributed by atoms with Crippen molar-refractivity contribution < 1.29 is 4.74 Å². The van der Waals surface area contributed by atoms with Gasteiger partial charge in [-0.2, -0.15) is 5.10 Å². The molecule has 1 aliphatic rings. The number of aromatic nitrogens is 4. The highest BCUT2D eigenvalue weighted by Gasteiger charge is 2.20. The fraction of sp³-hybridized carbons (Fsp3) is 0.318. The monoisotopic (exact) mass is 373 g/mol. The lowest BCUT2D eigenvalue weighted by atomic mass is 10.1. The highest BCUT2D eigenvalue weighted by atomic mass is 16.5. The van der Waals surface area contributed by atoms with Crippen molar-refractivity contribution in [2.45, 2.75) is 20.4 Å². The van der Waals surface area contributed by atoms with Crippen molar-refractivity contribution in [1.82, 2.24) is 19.7 Å². The second kappa shape index (κ2) is 6.87. The minimum absolute atomic E-state index is 0.725. The zero-order valence-electron chi connectivity index (χ0n) is 16.2. The van der Waals surface area contributed by atoms with Crippen LogP contribution in [0, 0.1) is 6.92 Å².